The van der Waals surface area contributed by atoms with Crippen molar-refractivity contribution in [3.8, 4) is 17.1 Å². The van der Waals surface area contributed by atoms with Gasteiger partial charge in [0.1, 0.15) is 12.1 Å². The molecule has 1 fully saturated rings. The highest BCUT2D eigenvalue weighted by molar-refractivity contribution is 7.92. The van der Waals surface area contributed by atoms with Gasteiger partial charge in [-0.05, 0) is 61.6 Å². The molecule has 7 rings (SSSR count). The van der Waals surface area contributed by atoms with Gasteiger partial charge in [0.15, 0.2) is 5.65 Å². The van der Waals surface area contributed by atoms with Crippen LogP contribution in [0.1, 0.15) is 72.9 Å². The minimum absolute atomic E-state index is 0.0349. The Morgan fingerprint density at radius 3 is 2.40 bits per heavy atom. The maximum Gasteiger partial charge on any atom is 0.264 e. The number of sulfonamides is 1. The fourth-order valence-corrected chi connectivity index (χ4v) is 8.27. The summed E-state index contributed by atoms with van der Waals surface area (Å²) in [5, 5.41) is 0. The van der Waals surface area contributed by atoms with Crippen LogP contribution in [0.15, 0.2) is 65.7 Å². The fraction of sp³-hybridized carbons (Fsp3) is 0.395. The van der Waals surface area contributed by atoms with E-state index in [9.17, 15) is 22.0 Å². The molecule has 0 saturated heterocycles. The van der Waals surface area contributed by atoms with Crippen LogP contribution in [-0.4, -0.2) is 62.3 Å². The minimum atomic E-state index is -4.27. The average Bonchev–Trinajstić information content (AvgIpc) is 3.40. The van der Waals surface area contributed by atoms with Crippen LogP contribution in [0.25, 0.3) is 22.4 Å². The number of aromatic nitrogens is 5. The second-order valence-electron chi connectivity index (χ2n) is 15.0. The van der Waals surface area contributed by atoms with E-state index in [4.69, 9.17) is 9.72 Å². The summed E-state index contributed by atoms with van der Waals surface area (Å²) in [5.41, 5.74) is 5.82. The van der Waals surface area contributed by atoms with Crippen LogP contribution in [-0.2, 0) is 29.0 Å². The molecule has 4 bridgehead atoms. The number of hydrogen-bond acceptors (Lipinski definition) is 8. The Morgan fingerprint density at radius 2 is 1.71 bits per heavy atom. The number of nitrogens with zero attached hydrogens (tertiary/aromatic N) is 6. The van der Waals surface area contributed by atoms with Crippen LogP contribution < -0.4 is 9.46 Å². The third kappa shape index (κ3) is 6.95. The summed E-state index contributed by atoms with van der Waals surface area (Å²) in [4.78, 5) is 34.5. The predicted octanol–water partition coefficient (Wildman–Crippen LogP) is 6.98. The van der Waals surface area contributed by atoms with Gasteiger partial charge in [-0.1, -0.05) is 45.0 Å². The molecule has 14 heteroatoms. The molecular weight excluding hydrogens is 689 g/mol. The number of anilines is 1. The predicted molar refractivity (Wildman–Crippen MR) is 193 cm³/mol. The van der Waals surface area contributed by atoms with Crippen LogP contribution >= 0.6 is 0 Å². The number of aryl methyl sites for hydroxylation is 3. The number of carbonyl (C=O) groups is 1. The summed E-state index contributed by atoms with van der Waals surface area (Å²) < 4.78 is 66.5. The normalized spacial score (nSPS) is 18.8. The Kier molecular flexibility index (Phi) is 8.79. The lowest BCUT2D eigenvalue weighted by Crippen LogP contribution is -2.47. The first kappa shape index (κ1) is 35.4. The number of fused-ring (bicyclic) bond motifs is 5. The molecule has 0 spiro atoms. The van der Waals surface area contributed by atoms with Crippen molar-refractivity contribution >= 4 is 33.0 Å². The lowest BCUT2D eigenvalue weighted by atomic mass is 9.77. The zero-order chi connectivity index (χ0) is 37.2. The molecule has 1 N–H and O–H groups in total. The topological polar surface area (TPSA) is 132 Å². The third-order valence-electron chi connectivity index (χ3n) is 9.85. The second kappa shape index (κ2) is 12.9. The fourth-order valence-electron chi connectivity index (χ4n) is 7.29. The van der Waals surface area contributed by atoms with Gasteiger partial charge < -0.3 is 14.2 Å². The number of nitrogens with one attached hydrogen (secondary N) is 1. The van der Waals surface area contributed by atoms with Crippen LogP contribution in [0.3, 0.4) is 0 Å². The van der Waals surface area contributed by atoms with Gasteiger partial charge in [-0.15, -0.1) is 0 Å². The first-order valence-corrected chi connectivity index (χ1v) is 18.7. The van der Waals surface area contributed by atoms with Gasteiger partial charge in [0.05, 0.1) is 35.1 Å². The number of amides is 1. The van der Waals surface area contributed by atoms with Crippen LogP contribution in [0.2, 0.25) is 0 Å². The average molecular weight is 730 g/mol. The third-order valence-corrected chi connectivity index (χ3v) is 11.2. The zero-order valence-corrected chi connectivity index (χ0v) is 30.8. The van der Waals surface area contributed by atoms with Gasteiger partial charge in [0, 0.05) is 48.2 Å². The highest BCUT2D eigenvalue weighted by Gasteiger charge is 2.46. The quantitative estimate of drug-likeness (QED) is 0.205. The van der Waals surface area contributed by atoms with E-state index in [-0.39, 0.29) is 66.0 Å². The van der Waals surface area contributed by atoms with Crippen molar-refractivity contribution < 1.29 is 26.7 Å². The van der Waals surface area contributed by atoms with E-state index in [2.05, 4.69) is 40.4 Å². The molecule has 1 atom stereocenters. The van der Waals surface area contributed by atoms with E-state index in [1.807, 2.05) is 49.7 Å². The molecule has 5 aromatic rings. The van der Waals surface area contributed by atoms with Gasteiger partial charge in [-0.25, -0.2) is 31.9 Å². The van der Waals surface area contributed by atoms with Crippen molar-refractivity contribution in [3.05, 3.63) is 88.9 Å². The van der Waals surface area contributed by atoms with E-state index in [0.717, 1.165) is 22.4 Å². The van der Waals surface area contributed by atoms with E-state index in [1.165, 1.54) is 29.2 Å². The molecule has 1 aliphatic heterocycles. The van der Waals surface area contributed by atoms with Gasteiger partial charge >= 0.3 is 0 Å². The molecule has 1 saturated carbocycles. The number of hydrogen-bond donors (Lipinski definition) is 1. The molecular formula is C38H41F2N7O4S. The first-order valence-electron chi connectivity index (χ1n) is 17.2. The van der Waals surface area contributed by atoms with Gasteiger partial charge in [-0.3, -0.25) is 9.78 Å². The van der Waals surface area contributed by atoms with E-state index < -0.39 is 27.9 Å². The summed E-state index contributed by atoms with van der Waals surface area (Å²) in [6, 6.07) is 14.4. The standard InChI is InChI=1S/C38H41F2N7O4S/c1-22-9-7-10-23(2)33(22)29-16-32-44-36(43-29)45-52(49,50)28-12-8-11-25(14-28)35(48)47(27(21-51-32)13-24-17-38(39,40)18-24)20-26-19-41-30-15-31(37(3,4)5)46(6)34(30)42-26/h7-12,14-16,19,24,27H,13,17-18,20-21H2,1-6H3,(H,43,44,45). The van der Waals surface area contributed by atoms with Crippen molar-refractivity contribution in [3.63, 3.8) is 0 Å². The van der Waals surface area contributed by atoms with Crippen molar-refractivity contribution in [2.75, 3.05) is 11.3 Å². The number of benzene rings is 2. The van der Waals surface area contributed by atoms with Gasteiger partial charge in [0.2, 0.25) is 17.8 Å². The number of halogens is 2. The number of alkyl halides is 2. The molecule has 52 heavy (non-hydrogen) atoms. The SMILES string of the molecule is Cc1cccc(C)c1-c1cc2nc(n1)NS(=O)(=O)c1cccc(c1)C(=O)N(Cc1cnc3cc(C(C)(C)C)n(C)c3n1)C(CC1CC(F)(F)C1)CO2. The summed E-state index contributed by atoms with van der Waals surface area (Å²) in [5.74, 6) is -3.79. The summed E-state index contributed by atoms with van der Waals surface area (Å²) >= 11 is 0. The Balaban J connectivity index is 1.35. The zero-order valence-electron chi connectivity index (χ0n) is 29.9. The molecule has 11 nitrogen and oxygen atoms in total. The highest BCUT2D eigenvalue weighted by atomic mass is 32.2. The van der Waals surface area contributed by atoms with Crippen molar-refractivity contribution in [2.24, 2.45) is 13.0 Å². The van der Waals surface area contributed by atoms with E-state index in [0.29, 0.717) is 22.6 Å². The molecule has 0 radical (unpaired) electrons. The summed E-state index contributed by atoms with van der Waals surface area (Å²) in [6.45, 7) is 10.0. The molecule has 2 aromatic carbocycles. The molecule has 2 aliphatic rings. The summed E-state index contributed by atoms with van der Waals surface area (Å²) in [7, 11) is -2.35. The number of carbonyl (C=O) groups excluding carboxylic acids is 1. The van der Waals surface area contributed by atoms with Gasteiger partial charge in [0.25, 0.3) is 15.9 Å². The van der Waals surface area contributed by atoms with E-state index >= 15 is 0 Å². The van der Waals surface area contributed by atoms with Gasteiger partial charge in [-0.2, -0.15) is 4.98 Å². The largest absolute Gasteiger partial charge is 0.475 e. The smallest absolute Gasteiger partial charge is 0.264 e. The maximum absolute atomic E-state index is 14.5. The second-order valence-corrected chi connectivity index (χ2v) is 16.7. The Bertz CT molecular complexity index is 2290. The lowest BCUT2D eigenvalue weighted by Gasteiger charge is -2.40. The van der Waals surface area contributed by atoms with Crippen molar-refractivity contribution in [1.82, 2.24) is 29.4 Å². The molecule has 1 amide bonds. The number of rotatable bonds is 5. The van der Waals surface area contributed by atoms with Crippen LogP contribution in [0.4, 0.5) is 14.7 Å². The monoisotopic (exact) mass is 729 g/mol. The number of ether oxygens (including phenoxy) is 1. The van der Waals surface area contributed by atoms with E-state index in [1.54, 1.807) is 12.3 Å². The van der Waals surface area contributed by atoms with Crippen LogP contribution in [0.5, 0.6) is 5.88 Å². The maximum atomic E-state index is 14.5. The minimum Gasteiger partial charge on any atom is -0.475 e. The molecule has 1 aliphatic carbocycles. The lowest BCUT2D eigenvalue weighted by molar-refractivity contribution is -0.117. The Morgan fingerprint density at radius 1 is 1.00 bits per heavy atom. The van der Waals surface area contributed by atoms with Crippen molar-refractivity contribution in [1.29, 1.82) is 0 Å². The molecule has 4 heterocycles. The van der Waals surface area contributed by atoms with Crippen molar-refractivity contribution in [2.45, 2.75) is 82.7 Å². The Labute approximate surface area is 301 Å². The highest BCUT2D eigenvalue weighted by Crippen LogP contribution is 2.45. The molecule has 3 aromatic heterocycles. The Hall–Kier alpha value is -4.98. The molecule has 272 valence electrons. The van der Waals surface area contributed by atoms with Crippen LogP contribution in [0, 0.1) is 19.8 Å². The first-order chi connectivity index (χ1) is 24.5. The molecule has 1 unspecified atom stereocenters. The summed E-state index contributed by atoms with van der Waals surface area (Å²) in [6.07, 6.45) is 1.22.